The molecule has 6 aromatic rings. The molecular weight excluding hydrogens is 528 g/mol. The Hall–Kier alpha value is -5.57. The van der Waals surface area contributed by atoms with E-state index in [4.69, 9.17) is 4.74 Å². The van der Waals surface area contributed by atoms with Crippen molar-refractivity contribution >= 4 is 22.6 Å². The van der Waals surface area contributed by atoms with Gasteiger partial charge in [0.1, 0.15) is 17.1 Å². The number of anilines is 1. The molecule has 208 valence electrons. The van der Waals surface area contributed by atoms with Crippen molar-refractivity contribution in [2.24, 2.45) is 7.05 Å². The Morgan fingerprint density at radius 3 is 2.45 bits per heavy atom. The zero-order valence-electron chi connectivity index (χ0n) is 23.2. The Kier molecular flexibility index (Phi) is 7.30. The summed E-state index contributed by atoms with van der Waals surface area (Å²) in [7, 11) is 3.41. The number of benzene rings is 2. The molecule has 0 unspecified atom stereocenters. The molecule has 0 bridgehead atoms. The molecule has 1 N–H and O–H groups in total. The number of aromatic nitrogens is 5. The average Bonchev–Trinajstić information content (AvgIpc) is 3.27. The third-order valence-corrected chi connectivity index (χ3v) is 7.23. The van der Waals surface area contributed by atoms with Gasteiger partial charge < -0.3 is 10.1 Å². The summed E-state index contributed by atoms with van der Waals surface area (Å²) in [5.74, 6) is 0.585. The highest BCUT2D eigenvalue weighted by Crippen LogP contribution is 2.25. The van der Waals surface area contributed by atoms with E-state index in [2.05, 4.69) is 20.3 Å². The fraction of sp³-hybridized carbons (Fsp3) is 0.121. The molecule has 0 spiro atoms. The quantitative estimate of drug-likeness (QED) is 0.280. The molecule has 0 aliphatic rings. The SMILES string of the molecule is COc1ccc2c(Cc3ccc(NC(=O)c4c(-c5ccncc5)n(C)n(Cc5ccccc5)c4=O)nc3)ccnc2c1. The molecule has 0 radical (unpaired) electrons. The molecule has 4 heterocycles. The first-order valence-corrected chi connectivity index (χ1v) is 13.4. The van der Waals surface area contributed by atoms with Crippen molar-refractivity contribution in [3.8, 4) is 17.0 Å². The highest BCUT2D eigenvalue weighted by atomic mass is 16.5. The highest BCUT2D eigenvalue weighted by Gasteiger charge is 2.25. The number of carbonyl (C=O) groups excluding carboxylic acids is 1. The summed E-state index contributed by atoms with van der Waals surface area (Å²) in [6, 6.07) is 24.7. The van der Waals surface area contributed by atoms with Crippen LogP contribution in [0.5, 0.6) is 5.75 Å². The van der Waals surface area contributed by atoms with Gasteiger partial charge in [-0.3, -0.25) is 24.2 Å². The minimum absolute atomic E-state index is 0.0455. The van der Waals surface area contributed by atoms with Gasteiger partial charge in [0.15, 0.2) is 0 Å². The first kappa shape index (κ1) is 26.6. The van der Waals surface area contributed by atoms with Gasteiger partial charge in [0.2, 0.25) is 0 Å². The highest BCUT2D eigenvalue weighted by molar-refractivity contribution is 6.07. The molecule has 0 saturated carbocycles. The van der Waals surface area contributed by atoms with E-state index in [9.17, 15) is 9.59 Å². The number of carbonyl (C=O) groups is 1. The fourth-order valence-corrected chi connectivity index (χ4v) is 5.10. The molecule has 0 aliphatic carbocycles. The summed E-state index contributed by atoms with van der Waals surface area (Å²) in [5, 5.41) is 3.87. The lowest BCUT2D eigenvalue weighted by atomic mass is 10.0. The van der Waals surface area contributed by atoms with Crippen molar-refractivity contribution in [2.45, 2.75) is 13.0 Å². The normalized spacial score (nSPS) is 11.0. The second kappa shape index (κ2) is 11.5. The second-order valence-electron chi connectivity index (χ2n) is 9.87. The number of fused-ring (bicyclic) bond motifs is 1. The van der Waals surface area contributed by atoms with Gasteiger partial charge in [-0.25, -0.2) is 9.67 Å². The molecule has 9 heteroatoms. The topological polar surface area (TPSA) is 104 Å². The Balaban J connectivity index is 1.27. The number of methoxy groups -OCH3 is 1. The molecular formula is C33H28N6O3. The van der Waals surface area contributed by atoms with Crippen LogP contribution in [-0.2, 0) is 20.0 Å². The number of pyridine rings is 3. The zero-order chi connectivity index (χ0) is 29.1. The van der Waals surface area contributed by atoms with Crippen LogP contribution in [0.1, 0.15) is 27.0 Å². The molecule has 2 aromatic carbocycles. The number of nitrogens with zero attached hydrogens (tertiary/aromatic N) is 5. The molecule has 0 atom stereocenters. The van der Waals surface area contributed by atoms with Crippen molar-refractivity contribution in [3.63, 3.8) is 0 Å². The van der Waals surface area contributed by atoms with Crippen LogP contribution in [-0.4, -0.2) is 37.3 Å². The van der Waals surface area contributed by atoms with Crippen LogP contribution in [0.4, 0.5) is 5.82 Å². The fourth-order valence-electron chi connectivity index (χ4n) is 5.10. The smallest absolute Gasteiger partial charge is 0.280 e. The standard InChI is InChI=1S/C33H28N6O3/c1-38-31(24-12-15-34-16-13-24)30(33(41)39(38)21-22-6-4-3-5-7-22)32(40)37-29-11-8-23(20-36-29)18-25-14-17-35-28-19-26(42-2)9-10-27(25)28/h3-17,19-20H,18,21H2,1-2H3,(H,36,37,40). The third-order valence-electron chi connectivity index (χ3n) is 7.23. The van der Waals surface area contributed by atoms with E-state index in [1.165, 1.54) is 0 Å². The molecule has 0 fully saturated rings. The van der Waals surface area contributed by atoms with Crippen molar-refractivity contribution in [1.82, 2.24) is 24.3 Å². The molecule has 9 nitrogen and oxygen atoms in total. The van der Waals surface area contributed by atoms with E-state index in [0.29, 0.717) is 30.0 Å². The first-order chi connectivity index (χ1) is 20.5. The third kappa shape index (κ3) is 5.27. The van der Waals surface area contributed by atoms with Crippen molar-refractivity contribution in [1.29, 1.82) is 0 Å². The van der Waals surface area contributed by atoms with Crippen LogP contribution in [0.2, 0.25) is 0 Å². The van der Waals surface area contributed by atoms with Crippen LogP contribution < -0.4 is 15.6 Å². The summed E-state index contributed by atoms with van der Waals surface area (Å²) >= 11 is 0. The predicted octanol–water partition coefficient (Wildman–Crippen LogP) is 5.09. The summed E-state index contributed by atoms with van der Waals surface area (Å²) in [6.07, 6.45) is 7.43. The van der Waals surface area contributed by atoms with Gasteiger partial charge in [-0.2, -0.15) is 0 Å². The zero-order valence-corrected chi connectivity index (χ0v) is 23.2. The van der Waals surface area contributed by atoms with Gasteiger partial charge in [-0.1, -0.05) is 36.4 Å². The largest absolute Gasteiger partial charge is 0.497 e. The monoisotopic (exact) mass is 556 g/mol. The van der Waals surface area contributed by atoms with Crippen molar-refractivity contribution in [3.05, 3.63) is 136 Å². The minimum Gasteiger partial charge on any atom is -0.497 e. The van der Waals surface area contributed by atoms with E-state index < -0.39 is 5.91 Å². The average molecular weight is 557 g/mol. The van der Waals surface area contributed by atoms with Gasteiger partial charge >= 0.3 is 0 Å². The van der Waals surface area contributed by atoms with Crippen LogP contribution in [0, 0.1) is 0 Å². The first-order valence-electron chi connectivity index (χ1n) is 13.4. The Bertz CT molecular complexity index is 1930. The van der Waals surface area contributed by atoms with Gasteiger partial charge in [0.25, 0.3) is 11.5 Å². The number of rotatable bonds is 8. The molecule has 42 heavy (non-hydrogen) atoms. The number of ether oxygens (including phenoxy) is 1. The summed E-state index contributed by atoms with van der Waals surface area (Å²) in [4.78, 5) is 40.3. The van der Waals surface area contributed by atoms with Gasteiger partial charge in [-0.15, -0.1) is 0 Å². The van der Waals surface area contributed by atoms with Crippen LogP contribution in [0.25, 0.3) is 22.2 Å². The Morgan fingerprint density at radius 1 is 0.905 bits per heavy atom. The van der Waals surface area contributed by atoms with Gasteiger partial charge in [-0.05, 0) is 59.5 Å². The maximum atomic E-state index is 13.7. The summed E-state index contributed by atoms with van der Waals surface area (Å²) < 4.78 is 8.61. The van der Waals surface area contributed by atoms with Gasteiger partial charge in [0.05, 0.1) is 24.9 Å². The summed E-state index contributed by atoms with van der Waals surface area (Å²) in [6.45, 7) is 0.324. The number of hydrogen-bond donors (Lipinski definition) is 1. The maximum Gasteiger partial charge on any atom is 0.280 e. The van der Waals surface area contributed by atoms with E-state index >= 15 is 0 Å². The van der Waals surface area contributed by atoms with E-state index in [-0.39, 0.29) is 11.1 Å². The molecule has 6 rings (SSSR count). The molecule has 0 aliphatic heterocycles. The minimum atomic E-state index is -0.524. The van der Waals surface area contributed by atoms with Crippen molar-refractivity contribution in [2.75, 3.05) is 12.4 Å². The van der Waals surface area contributed by atoms with E-state index in [1.54, 1.807) is 66.5 Å². The molecule has 0 saturated heterocycles. The van der Waals surface area contributed by atoms with Crippen LogP contribution in [0.3, 0.4) is 0 Å². The summed E-state index contributed by atoms with van der Waals surface area (Å²) in [5.41, 5.74) is 4.76. The Labute approximate surface area is 242 Å². The Morgan fingerprint density at radius 2 is 1.71 bits per heavy atom. The molecule has 1 amide bonds. The maximum absolute atomic E-state index is 13.7. The van der Waals surface area contributed by atoms with Crippen LogP contribution >= 0.6 is 0 Å². The number of nitrogens with one attached hydrogen (secondary N) is 1. The second-order valence-corrected chi connectivity index (χ2v) is 9.87. The number of hydrogen-bond acceptors (Lipinski definition) is 6. The van der Waals surface area contributed by atoms with E-state index in [0.717, 1.165) is 33.3 Å². The molecule has 4 aromatic heterocycles. The van der Waals surface area contributed by atoms with Crippen molar-refractivity contribution < 1.29 is 9.53 Å². The van der Waals surface area contributed by atoms with Crippen LogP contribution in [0.15, 0.2) is 108 Å². The van der Waals surface area contributed by atoms with E-state index in [1.807, 2.05) is 60.7 Å². The lowest BCUT2D eigenvalue weighted by Crippen LogP contribution is -2.27. The lowest BCUT2D eigenvalue weighted by molar-refractivity contribution is 0.102. The predicted molar refractivity (Wildman–Crippen MR) is 162 cm³/mol. The lowest BCUT2D eigenvalue weighted by Gasteiger charge is -2.11. The number of amides is 1. The van der Waals surface area contributed by atoms with Gasteiger partial charge in [0, 0.05) is 48.9 Å².